The molecule has 1 atom stereocenters. The summed E-state index contributed by atoms with van der Waals surface area (Å²) in [5, 5.41) is 3.46. The summed E-state index contributed by atoms with van der Waals surface area (Å²) in [4.78, 5) is 0. The van der Waals surface area contributed by atoms with Crippen LogP contribution in [0.5, 0.6) is 5.75 Å². The molecule has 0 spiro atoms. The number of nitrogens with one attached hydrogen (secondary N) is 1. The summed E-state index contributed by atoms with van der Waals surface area (Å²) in [5.74, 6) is 1.69. The van der Waals surface area contributed by atoms with Crippen LogP contribution in [0.4, 0.5) is 0 Å². The highest BCUT2D eigenvalue weighted by molar-refractivity contribution is 9.10. The van der Waals surface area contributed by atoms with Crippen molar-refractivity contribution in [3.05, 3.63) is 28.2 Å². The molecule has 2 nitrogen and oxygen atoms in total. The number of hydrogen-bond acceptors (Lipinski definition) is 2. The monoisotopic (exact) mass is 283 g/mol. The highest BCUT2D eigenvalue weighted by Gasteiger charge is 2.15. The molecule has 1 saturated heterocycles. The van der Waals surface area contributed by atoms with Crippen molar-refractivity contribution in [3.63, 3.8) is 0 Å². The molecule has 1 aliphatic rings. The number of rotatable bonds is 3. The summed E-state index contributed by atoms with van der Waals surface area (Å²) in [6, 6.07) is 6.24. The minimum absolute atomic E-state index is 0.761. The Morgan fingerprint density at radius 2 is 2.38 bits per heavy atom. The molecular weight excluding hydrogens is 266 g/mol. The second-order valence-electron chi connectivity index (χ2n) is 4.35. The van der Waals surface area contributed by atoms with Gasteiger partial charge in [-0.25, -0.2) is 0 Å². The zero-order valence-electron chi connectivity index (χ0n) is 9.63. The van der Waals surface area contributed by atoms with Crippen molar-refractivity contribution in [2.24, 2.45) is 5.92 Å². The summed E-state index contributed by atoms with van der Waals surface area (Å²) in [5.41, 5.74) is 1.35. The van der Waals surface area contributed by atoms with Crippen LogP contribution in [0.25, 0.3) is 0 Å². The van der Waals surface area contributed by atoms with Crippen LogP contribution in [0.15, 0.2) is 22.7 Å². The highest BCUT2D eigenvalue weighted by Crippen LogP contribution is 2.30. The van der Waals surface area contributed by atoms with E-state index in [9.17, 15) is 0 Å². The van der Waals surface area contributed by atoms with E-state index in [1.165, 1.54) is 24.9 Å². The second kappa shape index (κ2) is 5.69. The van der Waals surface area contributed by atoms with Gasteiger partial charge in [0.25, 0.3) is 0 Å². The Bertz CT molecular complexity index is 348. The zero-order valence-corrected chi connectivity index (χ0v) is 11.2. The lowest BCUT2D eigenvalue weighted by molar-refractivity contribution is 0.374. The Morgan fingerprint density at radius 3 is 3.06 bits per heavy atom. The average molecular weight is 284 g/mol. The molecule has 1 unspecified atom stereocenters. The summed E-state index contributed by atoms with van der Waals surface area (Å²) >= 11 is 3.62. The highest BCUT2D eigenvalue weighted by atomic mass is 79.9. The van der Waals surface area contributed by atoms with Crippen LogP contribution in [0.2, 0.25) is 0 Å². The quantitative estimate of drug-likeness (QED) is 0.921. The summed E-state index contributed by atoms with van der Waals surface area (Å²) in [6.45, 7) is 2.32. The van der Waals surface area contributed by atoms with Crippen LogP contribution in [-0.2, 0) is 6.42 Å². The maximum atomic E-state index is 5.31. The number of benzene rings is 1. The molecule has 1 aromatic rings. The number of hydrogen-bond donors (Lipinski definition) is 1. The molecule has 16 heavy (non-hydrogen) atoms. The largest absolute Gasteiger partial charge is 0.496 e. The number of methoxy groups -OCH3 is 1. The molecule has 1 aliphatic heterocycles. The predicted octanol–water partition coefficient (Wildman–Crippen LogP) is 3.00. The minimum Gasteiger partial charge on any atom is -0.496 e. The standard InChI is InChI=1S/C13H18BrNO/c1-16-12-6-2-5-11(13(12)14)8-10-4-3-7-15-9-10/h2,5-6,10,15H,3-4,7-9H2,1H3. The summed E-state index contributed by atoms with van der Waals surface area (Å²) in [7, 11) is 1.71. The van der Waals surface area contributed by atoms with Gasteiger partial charge in [0.05, 0.1) is 11.6 Å². The van der Waals surface area contributed by atoms with E-state index >= 15 is 0 Å². The summed E-state index contributed by atoms with van der Waals surface area (Å²) < 4.78 is 6.43. The predicted molar refractivity (Wildman–Crippen MR) is 70.0 cm³/mol. The Hall–Kier alpha value is -0.540. The lowest BCUT2D eigenvalue weighted by Crippen LogP contribution is -2.30. The van der Waals surface area contributed by atoms with E-state index in [0.29, 0.717) is 0 Å². The molecule has 1 aromatic carbocycles. The zero-order chi connectivity index (χ0) is 11.4. The Kier molecular flexibility index (Phi) is 4.24. The van der Waals surface area contributed by atoms with E-state index in [-0.39, 0.29) is 0 Å². The normalized spacial score (nSPS) is 20.8. The smallest absolute Gasteiger partial charge is 0.133 e. The van der Waals surface area contributed by atoms with Crippen LogP contribution in [0, 0.1) is 5.92 Å². The van der Waals surface area contributed by atoms with Crippen LogP contribution in [0.3, 0.4) is 0 Å². The molecule has 0 radical (unpaired) electrons. The van der Waals surface area contributed by atoms with Gasteiger partial charge in [0, 0.05) is 0 Å². The molecule has 0 aromatic heterocycles. The van der Waals surface area contributed by atoms with E-state index < -0.39 is 0 Å². The molecule has 3 heteroatoms. The van der Waals surface area contributed by atoms with Gasteiger partial charge in [-0.2, -0.15) is 0 Å². The lowest BCUT2D eigenvalue weighted by Gasteiger charge is -2.23. The van der Waals surface area contributed by atoms with Gasteiger partial charge in [0.1, 0.15) is 5.75 Å². The maximum Gasteiger partial charge on any atom is 0.133 e. The van der Waals surface area contributed by atoms with Crippen LogP contribution >= 0.6 is 15.9 Å². The van der Waals surface area contributed by atoms with Gasteiger partial charge < -0.3 is 10.1 Å². The SMILES string of the molecule is COc1cccc(CC2CCCNC2)c1Br. The van der Waals surface area contributed by atoms with Crippen molar-refractivity contribution < 1.29 is 4.74 Å². The Morgan fingerprint density at radius 1 is 1.50 bits per heavy atom. The van der Waals surface area contributed by atoms with Gasteiger partial charge in [0.15, 0.2) is 0 Å². The van der Waals surface area contributed by atoms with E-state index in [4.69, 9.17) is 4.74 Å². The molecule has 1 N–H and O–H groups in total. The third kappa shape index (κ3) is 2.77. The first kappa shape index (κ1) is 11.9. The molecule has 0 amide bonds. The molecule has 1 heterocycles. The fourth-order valence-corrected chi connectivity index (χ4v) is 2.87. The van der Waals surface area contributed by atoms with E-state index in [0.717, 1.165) is 29.1 Å². The average Bonchev–Trinajstić information content (AvgIpc) is 2.33. The summed E-state index contributed by atoms with van der Waals surface area (Å²) in [6.07, 6.45) is 3.76. The van der Waals surface area contributed by atoms with Gasteiger partial charge in [-0.05, 0) is 65.8 Å². The van der Waals surface area contributed by atoms with Gasteiger partial charge >= 0.3 is 0 Å². The Labute approximate surface area is 106 Å². The van der Waals surface area contributed by atoms with Gasteiger partial charge in [-0.3, -0.25) is 0 Å². The van der Waals surface area contributed by atoms with Crippen LogP contribution in [-0.4, -0.2) is 20.2 Å². The van der Waals surface area contributed by atoms with Crippen LogP contribution < -0.4 is 10.1 Å². The van der Waals surface area contributed by atoms with E-state index in [1.807, 2.05) is 6.07 Å². The first-order chi connectivity index (χ1) is 7.81. The Balaban J connectivity index is 2.08. The molecule has 2 rings (SSSR count). The third-order valence-corrected chi connectivity index (χ3v) is 4.07. The van der Waals surface area contributed by atoms with Crippen molar-refractivity contribution in [1.82, 2.24) is 5.32 Å². The first-order valence-electron chi connectivity index (χ1n) is 5.83. The molecule has 1 fully saturated rings. The molecule has 88 valence electrons. The van der Waals surface area contributed by atoms with Crippen LogP contribution in [0.1, 0.15) is 18.4 Å². The van der Waals surface area contributed by atoms with Gasteiger partial charge in [0.2, 0.25) is 0 Å². The van der Waals surface area contributed by atoms with E-state index in [2.05, 4.69) is 33.4 Å². The van der Waals surface area contributed by atoms with Crippen molar-refractivity contribution >= 4 is 15.9 Å². The maximum absolute atomic E-state index is 5.31. The van der Waals surface area contributed by atoms with Gasteiger partial charge in [-0.1, -0.05) is 12.1 Å². The second-order valence-corrected chi connectivity index (χ2v) is 5.14. The number of halogens is 1. The fourth-order valence-electron chi connectivity index (χ4n) is 2.28. The molecule has 0 aliphatic carbocycles. The van der Waals surface area contributed by atoms with Crippen molar-refractivity contribution in [3.8, 4) is 5.75 Å². The van der Waals surface area contributed by atoms with Crippen molar-refractivity contribution in [1.29, 1.82) is 0 Å². The molecule has 0 saturated carbocycles. The minimum atomic E-state index is 0.761. The third-order valence-electron chi connectivity index (χ3n) is 3.17. The number of piperidine rings is 1. The molecule has 0 bridgehead atoms. The van der Waals surface area contributed by atoms with Gasteiger partial charge in [-0.15, -0.1) is 0 Å². The van der Waals surface area contributed by atoms with E-state index in [1.54, 1.807) is 7.11 Å². The van der Waals surface area contributed by atoms with Crippen molar-refractivity contribution in [2.75, 3.05) is 20.2 Å². The fraction of sp³-hybridized carbons (Fsp3) is 0.538. The first-order valence-corrected chi connectivity index (χ1v) is 6.62. The molecular formula is C13H18BrNO. The topological polar surface area (TPSA) is 21.3 Å². The number of ether oxygens (including phenoxy) is 1. The van der Waals surface area contributed by atoms with Crippen molar-refractivity contribution in [2.45, 2.75) is 19.3 Å². The lowest BCUT2D eigenvalue weighted by atomic mass is 9.92.